The summed E-state index contributed by atoms with van der Waals surface area (Å²) in [5, 5.41) is 4.55. The molecular formula is C15H21FN2. The van der Waals surface area contributed by atoms with Crippen LogP contribution in [0.3, 0.4) is 0 Å². The number of fused-ring (bicyclic) bond motifs is 1. The van der Waals surface area contributed by atoms with Crippen LogP contribution in [0.5, 0.6) is 0 Å². The fraction of sp³-hybridized carbons (Fsp3) is 0.467. The lowest BCUT2D eigenvalue weighted by molar-refractivity contribution is 0.583. The molecule has 2 rings (SSSR count). The second-order valence-electron chi connectivity index (χ2n) is 5.35. The lowest BCUT2D eigenvalue weighted by Crippen LogP contribution is -2.21. The molecule has 2 aromatic rings. The second-order valence-corrected chi connectivity index (χ2v) is 5.35. The van der Waals surface area contributed by atoms with Gasteiger partial charge in [-0.3, -0.25) is 0 Å². The van der Waals surface area contributed by atoms with E-state index in [1.54, 1.807) is 6.07 Å². The number of halogens is 1. The summed E-state index contributed by atoms with van der Waals surface area (Å²) in [7, 11) is 0. The fourth-order valence-corrected chi connectivity index (χ4v) is 2.18. The average Bonchev–Trinajstić information content (AvgIpc) is 2.64. The quantitative estimate of drug-likeness (QED) is 0.869. The molecule has 3 heteroatoms. The van der Waals surface area contributed by atoms with Crippen molar-refractivity contribution in [3.05, 3.63) is 35.8 Å². The minimum Gasteiger partial charge on any atom is -0.345 e. The van der Waals surface area contributed by atoms with E-state index in [2.05, 4.69) is 43.8 Å². The van der Waals surface area contributed by atoms with E-state index in [-0.39, 0.29) is 5.82 Å². The van der Waals surface area contributed by atoms with Gasteiger partial charge in [0.25, 0.3) is 0 Å². The van der Waals surface area contributed by atoms with E-state index in [1.807, 2.05) is 6.07 Å². The van der Waals surface area contributed by atoms with Gasteiger partial charge in [0.2, 0.25) is 0 Å². The maximum Gasteiger partial charge on any atom is 0.125 e. The molecule has 0 unspecified atom stereocenters. The zero-order chi connectivity index (χ0) is 13.3. The zero-order valence-corrected chi connectivity index (χ0v) is 11.5. The SMILES string of the molecule is CC(C)NCc1cn(C(C)C)c2cc(F)ccc12. The van der Waals surface area contributed by atoms with Crippen LogP contribution in [0, 0.1) is 5.82 Å². The van der Waals surface area contributed by atoms with Crippen molar-refractivity contribution in [1.29, 1.82) is 0 Å². The third kappa shape index (κ3) is 2.56. The highest BCUT2D eigenvalue weighted by atomic mass is 19.1. The van der Waals surface area contributed by atoms with Crippen LogP contribution in [-0.2, 0) is 6.54 Å². The van der Waals surface area contributed by atoms with Crippen molar-refractivity contribution < 1.29 is 4.39 Å². The Morgan fingerprint density at radius 2 is 1.94 bits per heavy atom. The van der Waals surface area contributed by atoms with E-state index in [1.165, 1.54) is 11.6 Å². The topological polar surface area (TPSA) is 17.0 Å². The first-order chi connectivity index (χ1) is 8.49. The van der Waals surface area contributed by atoms with Crippen LogP contribution in [0.25, 0.3) is 10.9 Å². The summed E-state index contributed by atoms with van der Waals surface area (Å²) >= 11 is 0. The van der Waals surface area contributed by atoms with Gasteiger partial charge in [-0.25, -0.2) is 4.39 Å². The van der Waals surface area contributed by atoms with E-state index in [0.29, 0.717) is 12.1 Å². The van der Waals surface area contributed by atoms with Gasteiger partial charge < -0.3 is 9.88 Å². The largest absolute Gasteiger partial charge is 0.345 e. The van der Waals surface area contributed by atoms with Gasteiger partial charge in [0.15, 0.2) is 0 Å². The Labute approximate surface area is 108 Å². The maximum atomic E-state index is 13.4. The van der Waals surface area contributed by atoms with E-state index >= 15 is 0 Å². The van der Waals surface area contributed by atoms with E-state index in [9.17, 15) is 4.39 Å². The number of hydrogen-bond donors (Lipinski definition) is 1. The first-order valence-electron chi connectivity index (χ1n) is 6.51. The fourth-order valence-electron chi connectivity index (χ4n) is 2.18. The molecule has 0 saturated heterocycles. The monoisotopic (exact) mass is 248 g/mol. The molecule has 0 aliphatic rings. The molecule has 1 aromatic heterocycles. The number of nitrogens with one attached hydrogen (secondary N) is 1. The summed E-state index contributed by atoms with van der Waals surface area (Å²) < 4.78 is 15.5. The van der Waals surface area contributed by atoms with Gasteiger partial charge in [0.05, 0.1) is 5.52 Å². The van der Waals surface area contributed by atoms with E-state index < -0.39 is 0 Å². The molecule has 0 spiro atoms. The van der Waals surface area contributed by atoms with E-state index in [4.69, 9.17) is 0 Å². The summed E-state index contributed by atoms with van der Waals surface area (Å²) in [6, 6.07) is 5.81. The zero-order valence-electron chi connectivity index (χ0n) is 11.5. The second kappa shape index (κ2) is 5.11. The first-order valence-corrected chi connectivity index (χ1v) is 6.51. The van der Waals surface area contributed by atoms with Crippen LogP contribution in [-0.4, -0.2) is 10.6 Å². The molecule has 0 fully saturated rings. The number of benzene rings is 1. The van der Waals surface area contributed by atoms with Crippen molar-refractivity contribution >= 4 is 10.9 Å². The molecule has 1 N–H and O–H groups in total. The van der Waals surface area contributed by atoms with Gasteiger partial charge in [-0.15, -0.1) is 0 Å². The van der Waals surface area contributed by atoms with Crippen molar-refractivity contribution in [2.75, 3.05) is 0 Å². The molecule has 1 aromatic carbocycles. The van der Waals surface area contributed by atoms with E-state index in [0.717, 1.165) is 17.4 Å². The molecular weight excluding hydrogens is 227 g/mol. The lowest BCUT2D eigenvalue weighted by Gasteiger charge is -2.08. The van der Waals surface area contributed by atoms with Crippen molar-refractivity contribution in [1.82, 2.24) is 9.88 Å². The van der Waals surface area contributed by atoms with Crippen LogP contribution in [0.2, 0.25) is 0 Å². The molecule has 98 valence electrons. The number of rotatable bonds is 4. The number of nitrogens with zero attached hydrogens (tertiary/aromatic N) is 1. The van der Waals surface area contributed by atoms with Gasteiger partial charge in [0.1, 0.15) is 5.82 Å². The Morgan fingerprint density at radius 1 is 1.22 bits per heavy atom. The third-order valence-corrected chi connectivity index (χ3v) is 3.14. The first kappa shape index (κ1) is 13.1. The van der Waals surface area contributed by atoms with Gasteiger partial charge in [0, 0.05) is 30.2 Å². The van der Waals surface area contributed by atoms with Crippen molar-refractivity contribution in [2.24, 2.45) is 0 Å². The van der Waals surface area contributed by atoms with Gasteiger partial charge in [-0.2, -0.15) is 0 Å². The van der Waals surface area contributed by atoms with Crippen molar-refractivity contribution in [3.8, 4) is 0 Å². The molecule has 0 amide bonds. The Morgan fingerprint density at radius 3 is 2.56 bits per heavy atom. The Hall–Kier alpha value is -1.35. The number of aromatic nitrogens is 1. The van der Waals surface area contributed by atoms with Gasteiger partial charge >= 0.3 is 0 Å². The molecule has 1 heterocycles. The summed E-state index contributed by atoms with van der Waals surface area (Å²) in [4.78, 5) is 0. The molecule has 18 heavy (non-hydrogen) atoms. The lowest BCUT2D eigenvalue weighted by atomic mass is 10.1. The van der Waals surface area contributed by atoms with Crippen LogP contribution in [0.4, 0.5) is 4.39 Å². The summed E-state index contributed by atoms with van der Waals surface area (Å²) in [5.41, 5.74) is 2.21. The number of hydrogen-bond acceptors (Lipinski definition) is 1. The molecule has 0 saturated carbocycles. The van der Waals surface area contributed by atoms with Crippen molar-refractivity contribution in [3.63, 3.8) is 0 Å². The Bertz CT molecular complexity index is 541. The molecule has 2 nitrogen and oxygen atoms in total. The van der Waals surface area contributed by atoms with Crippen LogP contribution in [0.1, 0.15) is 39.3 Å². The summed E-state index contributed by atoms with van der Waals surface area (Å²) in [6.45, 7) is 9.30. The average molecular weight is 248 g/mol. The molecule has 0 aliphatic heterocycles. The van der Waals surface area contributed by atoms with Crippen LogP contribution in [0.15, 0.2) is 24.4 Å². The normalized spacial score (nSPS) is 11.9. The highest BCUT2D eigenvalue weighted by molar-refractivity contribution is 5.84. The summed E-state index contributed by atoms with van der Waals surface area (Å²) in [5.74, 6) is -0.175. The minimum absolute atomic E-state index is 0.175. The Balaban J connectivity index is 2.47. The van der Waals surface area contributed by atoms with Crippen molar-refractivity contribution in [2.45, 2.75) is 46.3 Å². The summed E-state index contributed by atoms with van der Waals surface area (Å²) in [6.07, 6.45) is 2.13. The Kier molecular flexibility index (Phi) is 3.71. The van der Waals surface area contributed by atoms with Crippen LogP contribution < -0.4 is 5.32 Å². The predicted molar refractivity (Wildman–Crippen MR) is 74.3 cm³/mol. The molecule has 0 bridgehead atoms. The van der Waals surface area contributed by atoms with Crippen LogP contribution >= 0.6 is 0 Å². The predicted octanol–water partition coefficient (Wildman–Crippen LogP) is 3.86. The standard InChI is InChI=1S/C15H21FN2/c1-10(2)17-8-12-9-18(11(3)4)15-7-13(16)5-6-14(12)15/h5-7,9-11,17H,8H2,1-4H3. The maximum absolute atomic E-state index is 13.4. The molecule has 0 aliphatic carbocycles. The van der Waals surface area contributed by atoms with Gasteiger partial charge in [-0.05, 0) is 37.6 Å². The highest BCUT2D eigenvalue weighted by Crippen LogP contribution is 2.25. The third-order valence-electron chi connectivity index (χ3n) is 3.14. The molecule has 0 atom stereocenters. The molecule has 0 radical (unpaired) electrons. The van der Waals surface area contributed by atoms with Gasteiger partial charge in [-0.1, -0.05) is 13.8 Å². The highest BCUT2D eigenvalue weighted by Gasteiger charge is 2.11. The minimum atomic E-state index is -0.175. The smallest absolute Gasteiger partial charge is 0.125 e.